The first-order valence-corrected chi connectivity index (χ1v) is 7.17. The minimum atomic E-state index is -0.0197. The third-order valence-corrected chi connectivity index (χ3v) is 4.18. The van der Waals surface area contributed by atoms with E-state index in [4.69, 9.17) is 9.05 Å². The molecule has 3 rings (SSSR count). The fourth-order valence-corrected chi connectivity index (χ4v) is 3.21. The molecule has 6 nitrogen and oxygen atoms in total. The van der Waals surface area contributed by atoms with Gasteiger partial charge in [-0.25, -0.2) is 0 Å². The Morgan fingerprint density at radius 2 is 1.76 bits per heavy atom. The lowest BCUT2D eigenvalue weighted by molar-refractivity contribution is 0.0732. The molecule has 0 bridgehead atoms. The van der Waals surface area contributed by atoms with Crippen LogP contribution >= 0.6 is 0 Å². The molecule has 0 N–H and O–H groups in total. The topological polar surface area (TPSA) is 72.4 Å². The first-order valence-electron chi connectivity index (χ1n) is 7.17. The van der Waals surface area contributed by atoms with E-state index >= 15 is 0 Å². The summed E-state index contributed by atoms with van der Waals surface area (Å²) in [4.78, 5) is 14.7. The van der Waals surface area contributed by atoms with Crippen LogP contribution in [0, 0.1) is 27.7 Å². The first-order chi connectivity index (χ1) is 10.0. The van der Waals surface area contributed by atoms with E-state index in [1.54, 1.807) is 13.8 Å². The van der Waals surface area contributed by atoms with Crippen LogP contribution in [0.1, 0.15) is 57.7 Å². The van der Waals surface area contributed by atoms with Crippen LogP contribution < -0.4 is 0 Å². The zero-order chi connectivity index (χ0) is 15.1. The second-order valence-electron chi connectivity index (χ2n) is 5.59. The van der Waals surface area contributed by atoms with Crippen LogP contribution in [0.15, 0.2) is 9.05 Å². The maximum Gasteiger partial charge on any atom is 0.259 e. The van der Waals surface area contributed by atoms with Crippen molar-refractivity contribution in [2.75, 3.05) is 6.54 Å². The lowest BCUT2D eigenvalue weighted by atomic mass is 10.0. The molecule has 6 heteroatoms. The minimum Gasteiger partial charge on any atom is -0.361 e. The van der Waals surface area contributed by atoms with E-state index in [0.717, 1.165) is 36.4 Å². The quantitative estimate of drug-likeness (QED) is 0.850. The smallest absolute Gasteiger partial charge is 0.259 e. The summed E-state index contributed by atoms with van der Waals surface area (Å²) in [6.07, 6.45) is 1.90. The monoisotopic (exact) mass is 289 g/mol. The predicted octanol–water partition coefficient (Wildman–Crippen LogP) is 2.87. The molecule has 0 aromatic carbocycles. The molecular formula is C15H19N3O3. The third kappa shape index (κ3) is 2.14. The zero-order valence-corrected chi connectivity index (χ0v) is 12.8. The Labute approximate surface area is 123 Å². The third-order valence-electron chi connectivity index (χ3n) is 4.18. The molecular weight excluding hydrogens is 270 g/mol. The number of aromatic nitrogens is 2. The normalized spacial score (nSPS) is 18.5. The van der Waals surface area contributed by atoms with Gasteiger partial charge in [-0.3, -0.25) is 4.79 Å². The summed E-state index contributed by atoms with van der Waals surface area (Å²) < 4.78 is 10.4. The van der Waals surface area contributed by atoms with Crippen LogP contribution in [0.25, 0.3) is 0 Å². The number of hydrogen-bond donors (Lipinski definition) is 0. The molecule has 2 aromatic rings. The van der Waals surface area contributed by atoms with Crippen molar-refractivity contribution in [2.24, 2.45) is 0 Å². The van der Waals surface area contributed by atoms with Gasteiger partial charge in [0.05, 0.1) is 17.4 Å². The summed E-state index contributed by atoms with van der Waals surface area (Å²) in [6, 6.07) is 0.0254. The average molecular weight is 289 g/mol. The zero-order valence-electron chi connectivity index (χ0n) is 12.8. The lowest BCUT2D eigenvalue weighted by Crippen LogP contribution is -2.31. The van der Waals surface area contributed by atoms with Crippen LogP contribution in [0.4, 0.5) is 0 Å². The summed E-state index contributed by atoms with van der Waals surface area (Å²) >= 11 is 0. The summed E-state index contributed by atoms with van der Waals surface area (Å²) in [5.41, 5.74) is 3.11. The fourth-order valence-electron chi connectivity index (χ4n) is 3.21. The lowest BCUT2D eigenvalue weighted by Gasteiger charge is -2.24. The molecule has 0 spiro atoms. The second kappa shape index (κ2) is 5.02. The maximum atomic E-state index is 12.9. The minimum absolute atomic E-state index is 0.0197. The molecule has 112 valence electrons. The molecule has 2 aromatic heterocycles. The van der Waals surface area contributed by atoms with E-state index in [0.29, 0.717) is 17.0 Å². The molecule has 1 fully saturated rings. The molecule has 3 heterocycles. The van der Waals surface area contributed by atoms with Crippen LogP contribution in [0.5, 0.6) is 0 Å². The average Bonchev–Trinajstić information content (AvgIpc) is 3.11. The summed E-state index contributed by atoms with van der Waals surface area (Å²) in [7, 11) is 0. The van der Waals surface area contributed by atoms with Crippen LogP contribution in [-0.4, -0.2) is 27.7 Å². The highest BCUT2D eigenvalue weighted by Crippen LogP contribution is 2.37. The van der Waals surface area contributed by atoms with Crippen molar-refractivity contribution in [2.45, 2.75) is 46.6 Å². The second-order valence-corrected chi connectivity index (χ2v) is 5.59. The van der Waals surface area contributed by atoms with Crippen molar-refractivity contribution >= 4 is 5.91 Å². The van der Waals surface area contributed by atoms with E-state index in [-0.39, 0.29) is 11.9 Å². The van der Waals surface area contributed by atoms with Gasteiger partial charge in [0.15, 0.2) is 0 Å². The molecule has 1 amide bonds. The van der Waals surface area contributed by atoms with Gasteiger partial charge < -0.3 is 13.9 Å². The number of carbonyl (C=O) groups is 1. The number of amides is 1. The van der Waals surface area contributed by atoms with Gasteiger partial charge in [-0.2, -0.15) is 0 Å². The molecule has 0 aliphatic carbocycles. The largest absolute Gasteiger partial charge is 0.361 e. The van der Waals surface area contributed by atoms with Crippen molar-refractivity contribution in [1.29, 1.82) is 0 Å². The Kier molecular flexibility index (Phi) is 3.31. The summed E-state index contributed by atoms with van der Waals surface area (Å²) in [6.45, 7) is 8.12. The number of hydrogen-bond acceptors (Lipinski definition) is 5. The van der Waals surface area contributed by atoms with Gasteiger partial charge in [0.25, 0.3) is 5.91 Å². The number of rotatable bonds is 2. The van der Waals surface area contributed by atoms with Crippen molar-refractivity contribution in [3.8, 4) is 0 Å². The first kappa shape index (κ1) is 13.9. The van der Waals surface area contributed by atoms with E-state index in [2.05, 4.69) is 10.3 Å². The van der Waals surface area contributed by atoms with Crippen molar-refractivity contribution in [3.05, 3.63) is 34.0 Å². The van der Waals surface area contributed by atoms with Gasteiger partial charge in [-0.1, -0.05) is 10.3 Å². The van der Waals surface area contributed by atoms with E-state index in [9.17, 15) is 4.79 Å². The predicted molar refractivity (Wildman–Crippen MR) is 75.0 cm³/mol. The van der Waals surface area contributed by atoms with Gasteiger partial charge >= 0.3 is 0 Å². The Balaban J connectivity index is 1.97. The number of aryl methyl sites for hydroxylation is 4. The Hall–Kier alpha value is -2.11. The Morgan fingerprint density at radius 1 is 1.10 bits per heavy atom. The molecule has 1 atom stereocenters. The highest BCUT2D eigenvalue weighted by Gasteiger charge is 2.36. The van der Waals surface area contributed by atoms with Crippen LogP contribution in [0.3, 0.4) is 0 Å². The number of likely N-dealkylation sites (tertiary alicyclic amines) is 1. The van der Waals surface area contributed by atoms with Crippen molar-refractivity contribution in [3.63, 3.8) is 0 Å². The highest BCUT2D eigenvalue weighted by molar-refractivity contribution is 5.96. The molecule has 0 radical (unpaired) electrons. The molecule has 0 unspecified atom stereocenters. The van der Waals surface area contributed by atoms with Crippen molar-refractivity contribution < 1.29 is 13.8 Å². The molecule has 1 aliphatic heterocycles. The van der Waals surface area contributed by atoms with Gasteiger partial charge in [-0.05, 0) is 40.5 Å². The fraction of sp³-hybridized carbons (Fsp3) is 0.533. The van der Waals surface area contributed by atoms with Gasteiger partial charge in [-0.15, -0.1) is 0 Å². The number of carbonyl (C=O) groups excluding carboxylic acids is 1. The van der Waals surface area contributed by atoms with Crippen molar-refractivity contribution in [1.82, 2.24) is 15.2 Å². The Morgan fingerprint density at radius 3 is 2.33 bits per heavy atom. The highest BCUT2D eigenvalue weighted by atomic mass is 16.5. The van der Waals surface area contributed by atoms with Gasteiger partial charge in [0.1, 0.15) is 17.1 Å². The van der Waals surface area contributed by atoms with Crippen LogP contribution in [-0.2, 0) is 0 Å². The summed E-state index contributed by atoms with van der Waals surface area (Å²) in [5.74, 6) is 1.34. The molecule has 21 heavy (non-hydrogen) atoms. The van der Waals surface area contributed by atoms with E-state index in [1.165, 1.54) is 0 Å². The summed E-state index contributed by atoms with van der Waals surface area (Å²) in [5, 5.41) is 7.89. The van der Waals surface area contributed by atoms with Crippen LogP contribution in [0.2, 0.25) is 0 Å². The van der Waals surface area contributed by atoms with E-state index in [1.807, 2.05) is 18.7 Å². The SMILES string of the molecule is Cc1noc(C)c1C(=O)N1CCC[C@H]1c1c(C)noc1C. The standard InChI is InChI=1S/C15H19N3O3/c1-8-13(10(3)20-16-8)12-6-5-7-18(12)15(19)14-9(2)17-21-11(14)4/h12H,5-7H2,1-4H3/t12-/m0/s1. The number of nitrogens with zero attached hydrogens (tertiary/aromatic N) is 3. The van der Waals surface area contributed by atoms with Gasteiger partial charge in [0, 0.05) is 12.1 Å². The maximum absolute atomic E-state index is 12.9. The molecule has 1 saturated heterocycles. The van der Waals surface area contributed by atoms with E-state index < -0.39 is 0 Å². The molecule has 1 aliphatic rings. The molecule has 0 saturated carbocycles. The Bertz CT molecular complexity index is 647. The van der Waals surface area contributed by atoms with Gasteiger partial charge in [0.2, 0.25) is 0 Å².